The molecule has 1 spiro atoms. The lowest BCUT2D eigenvalue weighted by Crippen LogP contribution is -2.63. The van der Waals surface area contributed by atoms with Crippen molar-refractivity contribution in [3.05, 3.63) is 0 Å². The summed E-state index contributed by atoms with van der Waals surface area (Å²) in [5.41, 5.74) is 1.82. The first kappa shape index (κ1) is 18.8. The quantitative estimate of drug-likeness (QED) is 0.351. The molecule has 3 saturated heterocycles. The summed E-state index contributed by atoms with van der Waals surface area (Å²) in [7, 11) is -3.06. The number of amides is 3. The minimum Gasteiger partial charge on any atom is -0.380 e. The molecular formula is C14H22N4O8S. The van der Waals surface area contributed by atoms with Crippen molar-refractivity contribution in [3.63, 3.8) is 0 Å². The van der Waals surface area contributed by atoms with Crippen LogP contribution in [0.1, 0.15) is 19.3 Å². The van der Waals surface area contributed by atoms with Gasteiger partial charge in [-0.05, 0) is 26.3 Å². The number of urea groups is 1. The Balaban J connectivity index is 1.48. The highest BCUT2D eigenvalue weighted by atomic mass is 32.3. The number of carbonyl (C=O) groups excluding carboxylic acids is 2. The summed E-state index contributed by atoms with van der Waals surface area (Å²) in [5, 5.41) is 3.72. The predicted molar refractivity (Wildman–Crippen MR) is 87.1 cm³/mol. The SMILES string of the molecule is CNC1CCC1ONC(=O)C1CC2(COC2)C2CN1C(=O)N2OS(=O)(=O)O. The first-order chi connectivity index (χ1) is 12.7. The molecule has 1 saturated carbocycles. The van der Waals surface area contributed by atoms with Gasteiger partial charge in [0.1, 0.15) is 12.1 Å². The molecular weight excluding hydrogens is 384 g/mol. The molecule has 4 atom stereocenters. The maximum atomic E-state index is 12.7. The number of ether oxygens (including phenoxy) is 1. The first-order valence-electron chi connectivity index (χ1n) is 8.71. The van der Waals surface area contributed by atoms with Crippen molar-refractivity contribution >= 4 is 22.3 Å². The molecule has 0 aromatic rings. The molecule has 4 rings (SSSR count). The van der Waals surface area contributed by atoms with E-state index in [1.165, 1.54) is 4.90 Å². The number of nitrogens with zero attached hydrogens (tertiary/aromatic N) is 2. The van der Waals surface area contributed by atoms with Gasteiger partial charge in [-0.3, -0.25) is 14.2 Å². The fourth-order valence-corrected chi connectivity index (χ4v) is 4.54. The number of hydrogen-bond donors (Lipinski definition) is 3. The monoisotopic (exact) mass is 406 g/mol. The highest BCUT2D eigenvalue weighted by Crippen LogP contribution is 2.47. The van der Waals surface area contributed by atoms with Crippen LogP contribution in [0.3, 0.4) is 0 Å². The molecule has 0 radical (unpaired) electrons. The number of likely N-dealkylation sites (N-methyl/N-ethyl adjacent to an activating group) is 1. The van der Waals surface area contributed by atoms with Gasteiger partial charge in [-0.25, -0.2) is 10.3 Å². The molecule has 4 unspecified atom stereocenters. The van der Waals surface area contributed by atoms with Crippen LogP contribution in [-0.2, 0) is 29.1 Å². The van der Waals surface area contributed by atoms with Gasteiger partial charge >= 0.3 is 16.4 Å². The van der Waals surface area contributed by atoms with Crippen molar-refractivity contribution in [1.29, 1.82) is 0 Å². The minimum atomic E-state index is -4.87. The van der Waals surface area contributed by atoms with E-state index < -0.39 is 39.8 Å². The molecule has 3 heterocycles. The van der Waals surface area contributed by atoms with Crippen molar-refractivity contribution in [2.45, 2.75) is 43.5 Å². The summed E-state index contributed by atoms with van der Waals surface area (Å²) < 4.78 is 41.0. The third-order valence-electron chi connectivity index (χ3n) is 5.92. The van der Waals surface area contributed by atoms with Gasteiger partial charge in [-0.1, -0.05) is 0 Å². The van der Waals surface area contributed by atoms with Crippen LogP contribution in [0.5, 0.6) is 0 Å². The Kier molecular flexibility index (Phi) is 4.56. The topological polar surface area (TPSA) is 147 Å². The molecule has 2 bridgehead atoms. The number of fused-ring (bicyclic) bond motifs is 3. The average Bonchev–Trinajstić information content (AvgIpc) is 2.79. The number of hydroxylamine groups is 3. The van der Waals surface area contributed by atoms with E-state index in [2.05, 4.69) is 15.1 Å². The van der Waals surface area contributed by atoms with Gasteiger partial charge in [0.15, 0.2) is 0 Å². The summed E-state index contributed by atoms with van der Waals surface area (Å²) in [6.45, 7) is 0.622. The Labute approximate surface area is 155 Å². The zero-order valence-electron chi connectivity index (χ0n) is 14.7. The highest BCUT2D eigenvalue weighted by molar-refractivity contribution is 7.80. The molecule has 13 heteroatoms. The van der Waals surface area contributed by atoms with Gasteiger partial charge < -0.3 is 15.0 Å². The highest BCUT2D eigenvalue weighted by Gasteiger charge is 2.63. The largest absolute Gasteiger partial charge is 0.418 e. The lowest BCUT2D eigenvalue weighted by Gasteiger charge is -2.50. The van der Waals surface area contributed by atoms with Crippen molar-refractivity contribution in [3.8, 4) is 0 Å². The molecule has 152 valence electrons. The number of carbonyl (C=O) groups is 2. The molecule has 3 amide bonds. The van der Waals surface area contributed by atoms with Crippen LogP contribution in [0.25, 0.3) is 0 Å². The molecule has 4 aliphatic rings. The van der Waals surface area contributed by atoms with Gasteiger partial charge in [-0.15, -0.1) is 4.28 Å². The molecule has 0 aromatic carbocycles. The van der Waals surface area contributed by atoms with E-state index >= 15 is 0 Å². The van der Waals surface area contributed by atoms with Gasteiger partial charge in [0.05, 0.1) is 19.3 Å². The lowest BCUT2D eigenvalue weighted by molar-refractivity contribution is -0.195. The summed E-state index contributed by atoms with van der Waals surface area (Å²) in [6, 6.07) is -2.11. The molecule has 4 fully saturated rings. The first-order valence-corrected chi connectivity index (χ1v) is 10.1. The maximum absolute atomic E-state index is 12.7. The zero-order valence-corrected chi connectivity index (χ0v) is 15.5. The second-order valence-electron chi connectivity index (χ2n) is 7.45. The van der Waals surface area contributed by atoms with Crippen LogP contribution in [0.4, 0.5) is 4.79 Å². The van der Waals surface area contributed by atoms with Crippen LogP contribution < -0.4 is 10.8 Å². The smallest absolute Gasteiger partial charge is 0.380 e. The van der Waals surface area contributed by atoms with E-state index in [1.807, 2.05) is 7.05 Å². The van der Waals surface area contributed by atoms with Gasteiger partial charge in [0, 0.05) is 18.0 Å². The summed E-state index contributed by atoms with van der Waals surface area (Å²) in [5.74, 6) is -0.483. The van der Waals surface area contributed by atoms with Crippen molar-refractivity contribution < 1.29 is 36.4 Å². The van der Waals surface area contributed by atoms with Crippen LogP contribution in [0.15, 0.2) is 0 Å². The fraction of sp³-hybridized carbons (Fsp3) is 0.857. The van der Waals surface area contributed by atoms with Crippen molar-refractivity contribution in [1.82, 2.24) is 20.8 Å². The Bertz CT molecular complexity index is 739. The van der Waals surface area contributed by atoms with E-state index in [0.717, 1.165) is 12.8 Å². The van der Waals surface area contributed by atoms with E-state index in [0.29, 0.717) is 5.06 Å². The van der Waals surface area contributed by atoms with Crippen LogP contribution in [0, 0.1) is 5.41 Å². The number of rotatable bonds is 6. The standard InChI is InChI=1S/C14H22N4O8S/c1-15-8-2-3-10(8)25-16-12(19)9-4-14(6-24-7-14)11-5-17(9)13(20)18(11)26-27(21,22)23/h8-11,15H,2-7H2,1H3,(H,16,19)(H,21,22,23). The predicted octanol–water partition coefficient (Wildman–Crippen LogP) is -1.59. The van der Waals surface area contributed by atoms with E-state index in [4.69, 9.17) is 14.1 Å². The third kappa shape index (κ3) is 3.17. The van der Waals surface area contributed by atoms with E-state index in [1.54, 1.807) is 0 Å². The maximum Gasteiger partial charge on any atom is 0.418 e. The Morgan fingerprint density at radius 1 is 1.37 bits per heavy atom. The third-order valence-corrected chi connectivity index (χ3v) is 6.27. The Morgan fingerprint density at radius 3 is 2.63 bits per heavy atom. The summed E-state index contributed by atoms with van der Waals surface area (Å²) >= 11 is 0. The number of nitrogens with one attached hydrogen (secondary N) is 2. The normalized spacial score (nSPS) is 34.4. The average molecular weight is 406 g/mol. The van der Waals surface area contributed by atoms with Crippen molar-refractivity contribution in [2.24, 2.45) is 5.41 Å². The van der Waals surface area contributed by atoms with Crippen LogP contribution >= 0.6 is 0 Å². The number of hydrogen-bond acceptors (Lipinski definition) is 8. The second kappa shape index (κ2) is 6.53. The van der Waals surface area contributed by atoms with E-state index in [9.17, 15) is 18.0 Å². The Morgan fingerprint density at radius 2 is 2.11 bits per heavy atom. The minimum absolute atomic E-state index is 0.0956. The van der Waals surface area contributed by atoms with Gasteiger partial charge in [0.2, 0.25) is 0 Å². The van der Waals surface area contributed by atoms with Crippen LogP contribution in [-0.4, -0.2) is 85.9 Å². The molecule has 12 nitrogen and oxygen atoms in total. The Hall–Kier alpha value is -1.51. The van der Waals surface area contributed by atoms with Crippen LogP contribution in [0.2, 0.25) is 0 Å². The second-order valence-corrected chi connectivity index (χ2v) is 8.45. The molecule has 3 N–H and O–H groups in total. The lowest BCUT2D eigenvalue weighted by atomic mass is 9.71. The van der Waals surface area contributed by atoms with Gasteiger partial charge in [0.25, 0.3) is 5.91 Å². The van der Waals surface area contributed by atoms with Gasteiger partial charge in [-0.2, -0.15) is 13.5 Å². The van der Waals surface area contributed by atoms with Crippen molar-refractivity contribution in [2.75, 3.05) is 26.8 Å². The van der Waals surface area contributed by atoms with E-state index in [-0.39, 0.29) is 38.3 Å². The zero-order chi connectivity index (χ0) is 19.4. The number of piperidine rings is 1. The molecule has 1 aliphatic carbocycles. The fourth-order valence-electron chi connectivity index (χ4n) is 4.17. The molecule has 3 aliphatic heterocycles. The summed E-state index contributed by atoms with van der Waals surface area (Å²) in [6.07, 6.45) is 1.92. The summed E-state index contributed by atoms with van der Waals surface area (Å²) in [4.78, 5) is 31.9. The molecule has 27 heavy (non-hydrogen) atoms. The molecule has 0 aromatic heterocycles.